The minimum absolute atomic E-state index is 0.0444. The Kier molecular flexibility index (Phi) is 8.08. The van der Waals surface area contributed by atoms with Crippen LogP contribution in [0.5, 0.6) is 11.5 Å². The van der Waals surface area contributed by atoms with Crippen LogP contribution in [0.3, 0.4) is 0 Å². The number of carboxylic acids is 1. The number of hydrogen-bond acceptors (Lipinski definition) is 8. The molecule has 0 spiro atoms. The number of benzene rings is 3. The predicted octanol–water partition coefficient (Wildman–Crippen LogP) is 3.23. The number of methoxy groups -OCH3 is 1. The molecule has 0 aliphatic carbocycles. The third-order valence-corrected chi connectivity index (χ3v) is 4.92. The molecule has 0 heterocycles. The van der Waals surface area contributed by atoms with E-state index in [0.717, 1.165) is 0 Å². The molecule has 3 rings (SSSR count). The third-order valence-electron chi connectivity index (χ3n) is 4.92. The highest BCUT2D eigenvalue weighted by molar-refractivity contribution is 5.86. The van der Waals surface area contributed by atoms with E-state index in [4.69, 9.17) is 19.5 Å². The number of aromatic carboxylic acids is 1. The standard InChI is InChI=1S/C26H24N2O6/c1-3-33-21-11-12-23(34-16-18-5-4-6-19(13-18)25(29)30)22(14-21)24(26(31)32-2)28-20-9-7-17(15-27)8-10-20/h4-14,24,28H,3,16H2,1-2H3,(H,29,30)/p-1. The molecule has 174 valence electrons. The van der Waals surface area contributed by atoms with Gasteiger partial charge in [-0.3, -0.25) is 0 Å². The summed E-state index contributed by atoms with van der Waals surface area (Å²) in [6.45, 7) is 2.34. The van der Waals surface area contributed by atoms with E-state index in [1.165, 1.54) is 19.2 Å². The van der Waals surface area contributed by atoms with Crippen LogP contribution in [0.25, 0.3) is 0 Å². The van der Waals surface area contributed by atoms with E-state index in [1.807, 2.05) is 6.92 Å². The molecule has 1 unspecified atom stereocenters. The Morgan fingerprint density at radius 1 is 1.06 bits per heavy atom. The Bertz CT molecular complexity index is 1200. The lowest BCUT2D eigenvalue weighted by molar-refractivity contribution is -0.255. The fourth-order valence-electron chi connectivity index (χ4n) is 3.28. The first-order valence-corrected chi connectivity index (χ1v) is 10.5. The summed E-state index contributed by atoms with van der Waals surface area (Å²) in [4.78, 5) is 23.9. The highest BCUT2D eigenvalue weighted by atomic mass is 16.5. The van der Waals surface area contributed by atoms with Gasteiger partial charge in [-0.2, -0.15) is 5.26 Å². The molecule has 0 fully saturated rings. The number of ether oxygens (including phenoxy) is 3. The van der Waals surface area contributed by atoms with Crippen molar-refractivity contribution in [3.05, 3.63) is 89.0 Å². The maximum atomic E-state index is 12.7. The SMILES string of the molecule is CCOc1ccc(OCc2cccc(C(=O)[O-])c2)c(C(Nc2ccc(C#N)cc2)C(=O)OC)c1. The highest BCUT2D eigenvalue weighted by Crippen LogP contribution is 2.33. The van der Waals surface area contributed by atoms with Gasteiger partial charge in [0.05, 0.1) is 31.3 Å². The number of carbonyl (C=O) groups excluding carboxylic acids is 2. The molecular weight excluding hydrogens is 436 g/mol. The second-order valence-corrected chi connectivity index (χ2v) is 7.20. The number of nitrogens with one attached hydrogen (secondary N) is 1. The molecule has 0 amide bonds. The summed E-state index contributed by atoms with van der Waals surface area (Å²) in [6, 6.07) is 19.1. The zero-order chi connectivity index (χ0) is 24.5. The van der Waals surface area contributed by atoms with Crippen LogP contribution in [-0.4, -0.2) is 25.7 Å². The number of esters is 1. The number of carbonyl (C=O) groups is 2. The van der Waals surface area contributed by atoms with Crippen LogP contribution in [0.2, 0.25) is 0 Å². The summed E-state index contributed by atoms with van der Waals surface area (Å²) in [6.07, 6.45) is 0. The molecule has 0 aliphatic heterocycles. The van der Waals surface area contributed by atoms with Gasteiger partial charge in [-0.25, -0.2) is 4.79 Å². The average molecular weight is 459 g/mol. The van der Waals surface area contributed by atoms with Gasteiger partial charge in [0.15, 0.2) is 6.04 Å². The quantitative estimate of drug-likeness (QED) is 0.459. The molecule has 0 saturated carbocycles. The lowest BCUT2D eigenvalue weighted by Gasteiger charge is -2.22. The van der Waals surface area contributed by atoms with Crippen molar-refractivity contribution in [2.24, 2.45) is 0 Å². The van der Waals surface area contributed by atoms with Crippen molar-refractivity contribution in [2.45, 2.75) is 19.6 Å². The highest BCUT2D eigenvalue weighted by Gasteiger charge is 2.26. The Morgan fingerprint density at radius 2 is 1.82 bits per heavy atom. The number of carboxylic acid groups (broad SMARTS) is 1. The number of rotatable bonds is 10. The molecule has 0 aromatic heterocycles. The van der Waals surface area contributed by atoms with E-state index < -0.39 is 18.0 Å². The van der Waals surface area contributed by atoms with Crippen LogP contribution < -0.4 is 19.9 Å². The summed E-state index contributed by atoms with van der Waals surface area (Å²) in [7, 11) is 1.29. The van der Waals surface area contributed by atoms with Gasteiger partial charge in [0.2, 0.25) is 0 Å². The molecule has 8 nitrogen and oxygen atoms in total. The number of anilines is 1. The molecule has 0 saturated heterocycles. The first kappa shape index (κ1) is 24.1. The lowest BCUT2D eigenvalue weighted by Crippen LogP contribution is -2.23. The summed E-state index contributed by atoms with van der Waals surface area (Å²) in [5, 5.41) is 23.3. The van der Waals surface area contributed by atoms with Crippen LogP contribution in [0.1, 0.15) is 40.0 Å². The molecule has 34 heavy (non-hydrogen) atoms. The van der Waals surface area contributed by atoms with E-state index >= 15 is 0 Å². The van der Waals surface area contributed by atoms with Gasteiger partial charge < -0.3 is 29.4 Å². The Morgan fingerprint density at radius 3 is 2.47 bits per heavy atom. The monoisotopic (exact) mass is 459 g/mol. The summed E-state index contributed by atoms with van der Waals surface area (Å²) in [5.74, 6) is -0.902. The lowest BCUT2D eigenvalue weighted by atomic mass is 10.0. The van der Waals surface area contributed by atoms with E-state index in [9.17, 15) is 14.7 Å². The number of nitriles is 1. The molecule has 1 atom stereocenters. The van der Waals surface area contributed by atoms with E-state index in [2.05, 4.69) is 11.4 Å². The van der Waals surface area contributed by atoms with Crippen LogP contribution in [0.15, 0.2) is 66.7 Å². The van der Waals surface area contributed by atoms with Gasteiger partial charge >= 0.3 is 5.97 Å². The number of hydrogen-bond donors (Lipinski definition) is 1. The maximum absolute atomic E-state index is 12.7. The van der Waals surface area contributed by atoms with Gasteiger partial charge in [0.1, 0.15) is 18.1 Å². The third kappa shape index (κ3) is 6.04. The van der Waals surface area contributed by atoms with Crippen molar-refractivity contribution in [3.63, 3.8) is 0 Å². The van der Waals surface area contributed by atoms with Crippen LogP contribution in [-0.2, 0) is 16.1 Å². The van der Waals surface area contributed by atoms with Gasteiger partial charge in [0.25, 0.3) is 0 Å². The van der Waals surface area contributed by atoms with E-state index in [1.54, 1.807) is 54.6 Å². The Balaban J connectivity index is 1.95. The molecule has 1 N–H and O–H groups in total. The molecule has 3 aromatic rings. The minimum Gasteiger partial charge on any atom is -0.545 e. The molecule has 8 heteroatoms. The minimum atomic E-state index is -1.28. The van der Waals surface area contributed by atoms with Crippen LogP contribution >= 0.6 is 0 Å². The van der Waals surface area contributed by atoms with Crippen molar-refractivity contribution in [3.8, 4) is 17.6 Å². The first-order valence-electron chi connectivity index (χ1n) is 10.5. The second kappa shape index (κ2) is 11.4. The van der Waals surface area contributed by atoms with Crippen molar-refractivity contribution in [1.82, 2.24) is 0 Å². The molecule has 0 aliphatic rings. The van der Waals surface area contributed by atoms with Gasteiger partial charge in [-0.1, -0.05) is 18.2 Å². The maximum Gasteiger partial charge on any atom is 0.333 e. The zero-order valence-corrected chi connectivity index (χ0v) is 18.7. The smallest absolute Gasteiger partial charge is 0.333 e. The zero-order valence-electron chi connectivity index (χ0n) is 18.7. The second-order valence-electron chi connectivity index (χ2n) is 7.20. The van der Waals surface area contributed by atoms with Gasteiger partial charge in [-0.15, -0.1) is 0 Å². The Labute approximate surface area is 197 Å². The normalized spacial score (nSPS) is 11.1. The molecule has 0 radical (unpaired) electrons. The summed E-state index contributed by atoms with van der Waals surface area (Å²) in [5.41, 5.74) is 2.22. The molecule has 0 bridgehead atoms. The fraction of sp³-hybridized carbons (Fsp3) is 0.192. The van der Waals surface area contributed by atoms with E-state index in [-0.39, 0.29) is 12.2 Å². The van der Waals surface area contributed by atoms with Crippen molar-refractivity contribution >= 4 is 17.6 Å². The van der Waals surface area contributed by atoms with Crippen molar-refractivity contribution in [2.75, 3.05) is 19.0 Å². The topological polar surface area (TPSA) is 121 Å². The van der Waals surface area contributed by atoms with Crippen LogP contribution in [0, 0.1) is 11.3 Å². The Hall–Kier alpha value is -4.51. The van der Waals surface area contributed by atoms with E-state index in [0.29, 0.717) is 40.5 Å². The van der Waals surface area contributed by atoms with Crippen LogP contribution in [0.4, 0.5) is 5.69 Å². The average Bonchev–Trinajstić information content (AvgIpc) is 2.86. The van der Waals surface area contributed by atoms with Crippen molar-refractivity contribution < 1.29 is 28.9 Å². The summed E-state index contributed by atoms with van der Waals surface area (Å²) < 4.78 is 16.6. The number of nitrogens with zero attached hydrogens (tertiary/aromatic N) is 1. The van der Waals surface area contributed by atoms with Gasteiger partial charge in [0, 0.05) is 11.3 Å². The largest absolute Gasteiger partial charge is 0.545 e. The molecular formula is C26H23N2O6-. The fourth-order valence-corrected chi connectivity index (χ4v) is 3.28. The first-order chi connectivity index (χ1) is 16.4. The van der Waals surface area contributed by atoms with Crippen molar-refractivity contribution in [1.29, 1.82) is 5.26 Å². The predicted molar refractivity (Wildman–Crippen MR) is 122 cm³/mol. The summed E-state index contributed by atoms with van der Waals surface area (Å²) >= 11 is 0. The van der Waals surface area contributed by atoms with Gasteiger partial charge in [-0.05, 0) is 66.6 Å². The molecule has 3 aromatic carbocycles.